The lowest BCUT2D eigenvalue weighted by Crippen LogP contribution is -2.37. The largest absolute Gasteiger partial charge is 0.484 e. The van der Waals surface area contributed by atoms with E-state index >= 15 is 0 Å². The Hall–Kier alpha value is -0.930. The summed E-state index contributed by atoms with van der Waals surface area (Å²) in [6.45, 7) is 0.00839. The van der Waals surface area contributed by atoms with Crippen molar-refractivity contribution in [2.75, 3.05) is 6.61 Å². The summed E-state index contributed by atoms with van der Waals surface area (Å²) in [6.07, 6.45) is 7.06. The van der Waals surface area contributed by atoms with Crippen molar-refractivity contribution in [2.45, 2.75) is 44.6 Å². The fourth-order valence-corrected chi connectivity index (χ4v) is 2.70. The molecule has 0 unspecified atom stereocenters. The lowest BCUT2D eigenvalue weighted by Gasteiger charge is -2.16. The van der Waals surface area contributed by atoms with Gasteiger partial charge in [0.25, 0.3) is 5.91 Å². The van der Waals surface area contributed by atoms with Crippen LogP contribution >= 0.6 is 23.2 Å². The number of carbonyl (C=O) groups excluding carboxylic acids is 1. The molecule has 1 saturated carbocycles. The van der Waals surface area contributed by atoms with E-state index in [2.05, 4.69) is 5.32 Å². The highest BCUT2D eigenvalue weighted by atomic mass is 35.5. The molecule has 1 fully saturated rings. The topological polar surface area (TPSA) is 38.3 Å². The first-order valence-corrected chi connectivity index (χ1v) is 7.78. The van der Waals surface area contributed by atoms with E-state index in [0.717, 1.165) is 12.8 Å². The van der Waals surface area contributed by atoms with E-state index in [1.54, 1.807) is 18.2 Å². The molecule has 3 nitrogen and oxygen atoms in total. The highest BCUT2D eigenvalue weighted by Crippen LogP contribution is 2.26. The number of ether oxygens (including phenoxy) is 1. The Labute approximate surface area is 129 Å². The molecule has 1 aliphatic carbocycles. The summed E-state index contributed by atoms with van der Waals surface area (Å²) < 4.78 is 5.42. The molecule has 20 heavy (non-hydrogen) atoms. The summed E-state index contributed by atoms with van der Waals surface area (Å²) in [5.74, 6) is 0.471. The van der Waals surface area contributed by atoms with Gasteiger partial charge in [-0.15, -0.1) is 0 Å². The number of nitrogens with one attached hydrogen (secondary N) is 1. The second-order valence-corrected chi connectivity index (χ2v) is 5.93. The maximum atomic E-state index is 11.9. The number of amides is 1. The van der Waals surface area contributed by atoms with Crippen LogP contribution in [0.1, 0.15) is 38.5 Å². The van der Waals surface area contributed by atoms with E-state index in [-0.39, 0.29) is 12.5 Å². The Morgan fingerprint density at radius 1 is 1.15 bits per heavy atom. The predicted octanol–water partition coefficient (Wildman–Crippen LogP) is 4.21. The van der Waals surface area contributed by atoms with Gasteiger partial charge < -0.3 is 10.1 Å². The zero-order valence-electron chi connectivity index (χ0n) is 11.3. The van der Waals surface area contributed by atoms with Gasteiger partial charge in [0, 0.05) is 12.1 Å². The van der Waals surface area contributed by atoms with Crippen LogP contribution in [0.15, 0.2) is 18.2 Å². The minimum Gasteiger partial charge on any atom is -0.484 e. The van der Waals surface area contributed by atoms with E-state index in [4.69, 9.17) is 27.9 Å². The molecule has 2 rings (SSSR count). The van der Waals surface area contributed by atoms with Gasteiger partial charge >= 0.3 is 0 Å². The third kappa shape index (κ3) is 4.88. The first-order chi connectivity index (χ1) is 9.65. The Kier molecular flexibility index (Phi) is 5.99. The molecule has 0 radical (unpaired) electrons. The highest BCUT2D eigenvalue weighted by molar-refractivity contribution is 6.42. The minimum atomic E-state index is -0.0806. The Morgan fingerprint density at radius 3 is 2.50 bits per heavy atom. The van der Waals surface area contributed by atoms with Crippen molar-refractivity contribution >= 4 is 29.1 Å². The summed E-state index contributed by atoms with van der Waals surface area (Å²) >= 11 is 11.7. The molecule has 0 spiro atoms. The summed E-state index contributed by atoms with van der Waals surface area (Å²) in [5, 5.41) is 3.93. The first-order valence-electron chi connectivity index (χ1n) is 7.02. The molecule has 5 heteroatoms. The van der Waals surface area contributed by atoms with Crippen LogP contribution in [0.3, 0.4) is 0 Å². The van der Waals surface area contributed by atoms with Gasteiger partial charge in [-0.25, -0.2) is 0 Å². The van der Waals surface area contributed by atoms with Gasteiger partial charge in [0.05, 0.1) is 10.0 Å². The molecule has 0 aliphatic heterocycles. The van der Waals surface area contributed by atoms with Crippen molar-refractivity contribution < 1.29 is 9.53 Å². The molecule has 0 bridgehead atoms. The fourth-order valence-electron chi connectivity index (χ4n) is 2.41. The van der Waals surface area contributed by atoms with Crippen LogP contribution in [0.25, 0.3) is 0 Å². The van der Waals surface area contributed by atoms with Crippen molar-refractivity contribution in [1.29, 1.82) is 0 Å². The van der Waals surface area contributed by atoms with E-state index < -0.39 is 0 Å². The number of carbonyl (C=O) groups is 1. The number of rotatable bonds is 4. The van der Waals surface area contributed by atoms with Crippen molar-refractivity contribution in [1.82, 2.24) is 5.32 Å². The van der Waals surface area contributed by atoms with Crippen molar-refractivity contribution in [3.05, 3.63) is 28.2 Å². The zero-order valence-corrected chi connectivity index (χ0v) is 12.8. The standard InChI is InChI=1S/C15H19Cl2NO2/c16-13-8-7-12(9-14(13)17)20-10-15(19)18-11-5-3-1-2-4-6-11/h7-9,11H,1-6,10H2,(H,18,19). The molecule has 1 aromatic carbocycles. The smallest absolute Gasteiger partial charge is 0.258 e. The second kappa shape index (κ2) is 7.75. The van der Waals surface area contributed by atoms with Crippen LogP contribution in [0, 0.1) is 0 Å². The Bertz CT molecular complexity index is 457. The highest BCUT2D eigenvalue weighted by Gasteiger charge is 2.14. The van der Waals surface area contributed by atoms with Crippen molar-refractivity contribution in [3.63, 3.8) is 0 Å². The zero-order chi connectivity index (χ0) is 14.4. The molecule has 0 heterocycles. The molecular weight excluding hydrogens is 297 g/mol. The third-order valence-corrected chi connectivity index (χ3v) is 4.22. The summed E-state index contributed by atoms with van der Waals surface area (Å²) in [5.41, 5.74) is 0. The van der Waals surface area contributed by atoms with Crippen molar-refractivity contribution in [3.8, 4) is 5.75 Å². The molecule has 1 aliphatic rings. The molecule has 110 valence electrons. The minimum absolute atomic E-state index is 0.00839. The molecule has 0 atom stereocenters. The SMILES string of the molecule is O=C(COc1ccc(Cl)c(Cl)c1)NC1CCCCCC1. The summed E-state index contributed by atoms with van der Waals surface area (Å²) in [7, 11) is 0. The van der Waals surface area contributed by atoms with E-state index in [0.29, 0.717) is 21.8 Å². The van der Waals surface area contributed by atoms with E-state index in [1.165, 1.54) is 25.7 Å². The first kappa shape index (κ1) is 15.5. The van der Waals surface area contributed by atoms with Crippen LogP contribution < -0.4 is 10.1 Å². The molecule has 1 N–H and O–H groups in total. The van der Waals surface area contributed by atoms with Crippen LogP contribution in [0.5, 0.6) is 5.75 Å². The second-order valence-electron chi connectivity index (χ2n) is 5.12. The summed E-state index contributed by atoms with van der Waals surface area (Å²) in [4.78, 5) is 11.9. The molecule has 1 aromatic rings. The molecule has 1 amide bonds. The third-order valence-electron chi connectivity index (χ3n) is 3.48. The number of benzene rings is 1. The predicted molar refractivity (Wildman–Crippen MR) is 81.6 cm³/mol. The molecule has 0 aromatic heterocycles. The Morgan fingerprint density at radius 2 is 1.85 bits per heavy atom. The lowest BCUT2D eigenvalue weighted by molar-refractivity contribution is -0.123. The lowest BCUT2D eigenvalue weighted by atomic mass is 10.1. The van der Waals surface area contributed by atoms with Crippen molar-refractivity contribution in [2.24, 2.45) is 0 Å². The maximum Gasteiger partial charge on any atom is 0.258 e. The number of hydrogen-bond donors (Lipinski definition) is 1. The van der Waals surface area contributed by atoms with Gasteiger partial charge in [0.2, 0.25) is 0 Å². The van der Waals surface area contributed by atoms with Gasteiger partial charge in [-0.3, -0.25) is 4.79 Å². The average Bonchev–Trinajstić information content (AvgIpc) is 2.69. The van der Waals surface area contributed by atoms with Crippen LogP contribution in [-0.4, -0.2) is 18.6 Å². The van der Waals surface area contributed by atoms with Gasteiger partial charge in [-0.05, 0) is 25.0 Å². The fraction of sp³-hybridized carbons (Fsp3) is 0.533. The van der Waals surface area contributed by atoms with Crippen LogP contribution in [-0.2, 0) is 4.79 Å². The van der Waals surface area contributed by atoms with Crippen LogP contribution in [0.4, 0.5) is 0 Å². The van der Waals surface area contributed by atoms with E-state index in [1.807, 2.05) is 0 Å². The van der Waals surface area contributed by atoms with Gasteiger partial charge in [-0.1, -0.05) is 48.9 Å². The summed E-state index contributed by atoms with van der Waals surface area (Å²) in [6, 6.07) is 5.26. The van der Waals surface area contributed by atoms with Gasteiger partial charge in [-0.2, -0.15) is 0 Å². The quantitative estimate of drug-likeness (QED) is 0.845. The monoisotopic (exact) mass is 315 g/mol. The average molecular weight is 316 g/mol. The number of hydrogen-bond acceptors (Lipinski definition) is 2. The normalized spacial score (nSPS) is 16.5. The number of halogens is 2. The Balaban J connectivity index is 1.77. The van der Waals surface area contributed by atoms with E-state index in [9.17, 15) is 4.79 Å². The molecular formula is C15H19Cl2NO2. The van der Waals surface area contributed by atoms with Crippen LogP contribution in [0.2, 0.25) is 10.0 Å². The van der Waals surface area contributed by atoms with Gasteiger partial charge in [0.1, 0.15) is 5.75 Å². The maximum absolute atomic E-state index is 11.9. The molecule has 0 saturated heterocycles. The van der Waals surface area contributed by atoms with Gasteiger partial charge in [0.15, 0.2) is 6.61 Å².